The normalized spacial score (nSPS) is 19.6. The van der Waals surface area contributed by atoms with Gasteiger partial charge in [-0.15, -0.1) is 0 Å². The fourth-order valence-electron chi connectivity index (χ4n) is 3.74. The topological polar surface area (TPSA) is 82.4 Å². The number of likely N-dealkylation sites (N-methyl/N-ethyl adjacent to an activating group) is 1. The van der Waals surface area contributed by atoms with E-state index in [1.54, 1.807) is 21.9 Å². The van der Waals surface area contributed by atoms with Gasteiger partial charge in [-0.25, -0.2) is 8.42 Å². The van der Waals surface area contributed by atoms with Gasteiger partial charge < -0.3 is 14.7 Å². The Hall–Kier alpha value is -1.97. The highest BCUT2D eigenvalue weighted by Crippen LogP contribution is 2.20. The number of nitrogens with zero attached hydrogens (tertiary/aromatic N) is 3. The summed E-state index contributed by atoms with van der Waals surface area (Å²) >= 11 is 0. The monoisotopic (exact) mass is 409 g/mol. The van der Waals surface area contributed by atoms with Crippen molar-refractivity contribution >= 4 is 21.8 Å². The Morgan fingerprint density at radius 2 is 1.64 bits per heavy atom. The molecule has 2 aliphatic heterocycles. The summed E-state index contributed by atoms with van der Waals surface area (Å²) in [6, 6.07) is 6.31. The number of quaternary nitrogens is 1. The molecule has 1 N–H and O–H groups in total. The molecule has 2 saturated heterocycles. The molecule has 2 heterocycles. The Bertz CT molecular complexity index is 826. The molecule has 8 nitrogen and oxygen atoms in total. The summed E-state index contributed by atoms with van der Waals surface area (Å²) in [5, 5.41) is 0. The molecule has 0 spiro atoms. The first-order chi connectivity index (χ1) is 13.3. The molecule has 0 unspecified atom stereocenters. The van der Waals surface area contributed by atoms with Gasteiger partial charge in [0.05, 0.1) is 37.6 Å². The zero-order chi connectivity index (χ0) is 20.3. The Labute approximate surface area is 166 Å². The average Bonchev–Trinajstić information content (AvgIpc) is 2.73. The Morgan fingerprint density at radius 1 is 1.00 bits per heavy atom. The third-order valence-electron chi connectivity index (χ3n) is 5.66. The van der Waals surface area contributed by atoms with Gasteiger partial charge in [0.25, 0.3) is 5.91 Å². The molecule has 154 valence electrons. The predicted octanol–water partition coefficient (Wildman–Crippen LogP) is -1.10. The van der Waals surface area contributed by atoms with Crippen LogP contribution in [0.1, 0.15) is 24.2 Å². The van der Waals surface area contributed by atoms with Gasteiger partial charge in [0.15, 0.2) is 0 Å². The van der Waals surface area contributed by atoms with Crippen molar-refractivity contribution in [1.82, 2.24) is 14.1 Å². The van der Waals surface area contributed by atoms with Crippen LogP contribution in [0.3, 0.4) is 0 Å². The number of carbonyl (C=O) groups is 2. The lowest BCUT2D eigenvalue weighted by molar-refractivity contribution is -0.902. The first-order valence-corrected chi connectivity index (χ1v) is 11.3. The standard InChI is InChI=1S/C19H28N4O4S/c1-3-20-7-9-22(10-8-20)19(25)17-5-4-6-18(15-17)28(26,27)23-13-11-21(12-14-23)16(2)24/h4-6,15H,3,7-14H2,1-2H3/p+1. The summed E-state index contributed by atoms with van der Waals surface area (Å²) in [6.07, 6.45) is 0. The number of nitrogens with one attached hydrogen (secondary N) is 1. The van der Waals surface area contributed by atoms with Crippen molar-refractivity contribution in [3.05, 3.63) is 29.8 Å². The number of carbonyl (C=O) groups excluding carboxylic acids is 2. The van der Waals surface area contributed by atoms with Gasteiger partial charge in [-0.1, -0.05) is 6.07 Å². The second-order valence-corrected chi connectivity index (χ2v) is 9.27. The highest BCUT2D eigenvalue weighted by molar-refractivity contribution is 7.89. The van der Waals surface area contributed by atoms with Crippen LogP contribution in [0.15, 0.2) is 29.2 Å². The summed E-state index contributed by atoms with van der Waals surface area (Å²) in [7, 11) is -3.69. The smallest absolute Gasteiger partial charge is 0.254 e. The van der Waals surface area contributed by atoms with Gasteiger partial charge in [-0.2, -0.15) is 4.31 Å². The number of rotatable bonds is 4. The van der Waals surface area contributed by atoms with Gasteiger partial charge >= 0.3 is 0 Å². The molecule has 0 atom stereocenters. The van der Waals surface area contributed by atoms with E-state index in [0.29, 0.717) is 31.7 Å². The lowest BCUT2D eigenvalue weighted by Gasteiger charge is -2.33. The fourth-order valence-corrected chi connectivity index (χ4v) is 5.21. The van der Waals surface area contributed by atoms with Crippen molar-refractivity contribution in [2.75, 3.05) is 58.9 Å². The van der Waals surface area contributed by atoms with Crippen molar-refractivity contribution in [3.8, 4) is 0 Å². The van der Waals surface area contributed by atoms with Crippen LogP contribution in [0.4, 0.5) is 0 Å². The van der Waals surface area contributed by atoms with E-state index in [9.17, 15) is 18.0 Å². The Kier molecular flexibility index (Phi) is 6.36. The highest BCUT2D eigenvalue weighted by atomic mass is 32.2. The van der Waals surface area contributed by atoms with Gasteiger partial charge in [0.2, 0.25) is 15.9 Å². The van der Waals surface area contributed by atoms with Gasteiger partial charge in [-0.3, -0.25) is 9.59 Å². The van der Waals surface area contributed by atoms with E-state index in [-0.39, 0.29) is 29.8 Å². The van der Waals surface area contributed by atoms with E-state index in [4.69, 9.17) is 0 Å². The molecule has 2 amide bonds. The second-order valence-electron chi connectivity index (χ2n) is 7.33. The molecular weight excluding hydrogens is 380 g/mol. The summed E-state index contributed by atoms with van der Waals surface area (Å²) in [4.78, 5) is 29.3. The second kappa shape index (κ2) is 8.59. The average molecular weight is 410 g/mol. The number of hydrogen-bond acceptors (Lipinski definition) is 4. The molecule has 9 heteroatoms. The molecule has 0 radical (unpaired) electrons. The summed E-state index contributed by atoms with van der Waals surface area (Å²) in [6.45, 7) is 9.18. The fraction of sp³-hybridized carbons (Fsp3) is 0.579. The maximum atomic E-state index is 13.0. The third kappa shape index (κ3) is 4.37. The molecule has 1 aromatic carbocycles. The van der Waals surface area contributed by atoms with Crippen molar-refractivity contribution in [2.45, 2.75) is 18.7 Å². The van der Waals surface area contributed by atoms with E-state index in [2.05, 4.69) is 6.92 Å². The maximum Gasteiger partial charge on any atom is 0.254 e. The van der Waals surface area contributed by atoms with Crippen LogP contribution in [0, 0.1) is 0 Å². The molecule has 2 aliphatic rings. The largest absolute Gasteiger partial charge is 0.340 e. The molecule has 0 aromatic heterocycles. The lowest BCUT2D eigenvalue weighted by atomic mass is 10.2. The van der Waals surface area contributed by atoms with E-state index < -0.39 is 10.0 Å². The molecule has 2 fully saturated rings. The van der Waals surface area contributed by atoms with Crippen molar-refractivity contribution in [1.29, 1.82) is 0 Å². The third-order valence-corrected chi connectivity index (χ3v) is 7.56. The zero-order valence-corrected chi connectivity index (χ0v) is 17.4. The van der Waals surface area contributed by atoms with E-state index in [1.807, 2.05) is 0 Å². The van der Waals surface area contributed by atoms with E-state index in [1.165, 1.54) is 28.3 Å². The number of amides is 2. The van der Waals surface area contributed by atoms with Crippen LogP contribution >= 0.6 is 0 Å². The van der Waals surface area contributed by atoms with Crippen molar-refractivity contribution < 1.29 is 22.9 Å². The molecule has 1 aromatic rings. The lowest BCUT2D eigenvalue weighted by Crippen LogP contribution is -3.14. The van der Waals surface area contributed by atoms with Crippen molar-refractivity contribution in [2.24, 2.45) is 0 Å². The minimum atomic E-state index is -3.69. The first kappa shape index (κ1) is 20.8. The maximum absolute atomic E-state index is 13.0. The van der Waals surface area contributed by atoms with Crippen LogP contribution in [0.25, 0.3) is 0 Å². The number of hydrogen-bond donors (Lipinski definition) is 1. The van der Waals surface area contributed by atoms with Gasteiger partial charge in [0, 0.05) is 38.7 Å². The minimum absolute atomic E-state index is 0.0466. The highest BCUT2D eigenvalue weighted by Gasteiger charge is 2.30. The molecule has 0 aliphatic carbocycles. The summed E-state index contributed by atoms with van der Waals surface area (Å²) in [5.74, 6) is -0.164. The number of sulfonamides is 1. The molecule has 0 saturated carbocycles. The van der Waals surface area contributed by atoms with E-state index in [0.717, 1.165) is 19.6 Å². The van der Waals surface area contributed by atoms with Crippen LogP contribution < -0.4 is 4.90 Å². The zero-order valence-electron chi connectivity index (χ0n) is 16.6. The van der Waals surface area contributed by atoms with Crippen LogP contribution in [-0.2, 0) is 14.8 Å². The first-order valence-electron chi connectivity index (χ1n) is 9.81. The predicted molar refractivity (Wildman–Crippen MR) is 105 cm³/mol. The summed E-state index contributed by atoms with van der Waals surface area (Å²) in [5.41, 5.74) is 0.406. The minimum Gasteiger partial charge on any atom is -0.340 e. The Morgan fingerprint density at radius 3 is 2.21 bits per heavy atom. The SMILES string of the molecule is CC[NH+]1CCN(C(=O)c2cccc(S(=O)(=O)N3CCN(C(C)=O)CC3)c2)CC1. The van der Waals surface area contributed by atoms with Crippen LogP contribution in [0.5, 0.6) is 0 Å². The van der Waals surface area contributed by atoms with Gasteiger partial charge in [0.1, 0.15) is 0 Å². The van der Waals surface area contributed by atoms with Crippen LogP contribution in [0.2, 0.25) is 0 Å². The molecule has 28 heavy (non-hydrogen) atoms. The van der Waals surface area contributed by atoms with Crippen LogP contribution in [-0.4, -0.2) is 93.2 Å². The molecule has 3 rings (SSSR count). The molecular formula is C19H29N4O4S+. The van der Waals surface area contributed by atoms with Crippen molar-refractivity contribution in [3.63, 3.8) is 0 Å². The quantitative estimate of drug-likeness (QED) is 0.685. The van der Waals surface area contributed by atoms with Gasteiger partial charge in [-0.05, 0) is 25.1 Å². The Balaban J connectivity index is 1.72. The number of benzene rings is 1. The number of piperazine rings is 2. The van der Waals surface area contributed by atoms with E-state index >= 15 is 0 Å². The molecule has 0 bridgehead atoms. The summed E-state index contributed by atoms with van der Waals surface area (Å²) < 4.78 is 27.4.